The van der Waals surface area contributed by atoms with Gasteiger partial charge < -0.3 is 0 Å². The van der Waals surface area contributed by atoms with Crippen molar-refractivity contribution in [3.8, 4) is 12.1 Å². The van der Waals surface area contributed by atoms with E-state index in [1.807, 2.05) is 23.8 Å². The van der Waals surface area contributed by atoms with Gasteiger partial charge in [-0.05, 0) is 14.0 Å². The average molecular weight is 178 g/mol. The standard InChI is InChI=1S/C9H14N4/c1-8(5-10)13-4-3-12(2)9(6-11)7-13/h8-9H,3-4,7H2,1-2H3. The van der Waals surface area contributed by atoms with E-state index in [1.54, 1.807) is 0 Å². The van der Waals surface area contributed by atoms with Crippen LogP contribution >= 0.6 is 0 Å². The highest BCUT2D eigenvalue weighted by Crippen LogP contribution is 2.09. The van der Waals surface area contributed by atoms with Gasteiger partial charge in [-0.2, -0.15) is 10.5 Å². The van der Waals surface area contributed by atoms with Crippen LogP contribution in [0.5, 0.6) is 0 Å². The fourth-order valence-electron chi connectivity index (χ4n) is 1.47. The summed E-state index contributed by atoms with van der Waals surface area (Å²) in [7, 11) is 1.95. The summed E-state index contributed by atoms with van der Waals surface area (Å²) < 4.78 is 0. The Kier molecular flexibility index (Phi) is 3.25. The first-order chi connectivity index (χ1) is 6.19. The first-order valence-corrected chi connectivity index (χ1v) is 4.42. The number of nitriles is 2. The third-order valence-corrected chi connectivity index (χ3v) is 2.56. The van der Waals surface area contributed by atoms with Gasteiger partial charge in [0, 0.05) is 19.6 Å². The maximum absolute atomic E-state index is 8.83. The fourth-order valence-corrected chi connectivity index (χ4v) is 1.47. The second-order valence-corrected chi connectivity index (χ2v) is 3.43. The summed E-state index contributed by atoms with van der Waals surface area (Å²) in [6.07, 6.45) is 0. The predicted octanol–water partition coefficient (Wildman–Crippen LogP) is 0.0381. The van der Waals surface area contributed by atoms with Crippen LogP contribution in [0.25, 0.3) is 0 Å². The summed E-state index contributed by atoms with van der Waals surface area (Å²) in [5.41, 5.74) is 0. The molecule has 2 unspecified atom stereocenters. The first kappa shape index (κ1) is 9.98. The summed E-state index contributed by atoms with van der Waals surface area (Å²) in [5.74, 6) is 0. The molecule has 1 heterocycles. The first-order valence-electron chi connectivity index (χ1n) is 4.42. The van der Waals surface area contributed by atoms with Gasteiger partial charge in [0.15, 0.2) is 0 Å². The molecule has 1 aliphatic rings. The molecule has 4 nitrogen and oxygen atoms in total. The summed E-state index contributed by atoms with van der Waals surface area (Å²) in [6.45, 7) is 4.30. The van der Waals surface area contributed by atoms with Crippen molar-refractivity contribution in [2.75, 3.05) is 26.7 Å². The van der Waals surface area contributed by atoms with Crippen LogP contribution in [0.3, 0.4) is 0 Å². The van der Waals surface area contributed by atoms with Gasteiger partial charge in [-0.3, -0.25) is 9.80 Å². The van der Waals surface area contributed by atoms with Crippen molar-refractivity contribution < 1.29 is 0 Å². The molecule has 0 bridgehead atoms. The third kappa shape index (κ3) is 2.18. The molecule has 1 rings (SSSR count). The molecule has 0 aromatic heterocycles. The molecular weight excluding hydrogens is 164 g/mol. The Bertz CT molecular complexity index is 249. The van der Waals surface area contributed by atoms with E-state index >= 15 is 0 Å². The van der Waals surface area contributed by atoms with Crippen LogP contribution in [0.15, 0.2) is 0 Å². The lowest BCUT2D eigenvalue weighted by Gasteiger charge is -2.37. The van der Waals surface area contributed by atoms with E-state index < -0.39 is 0 Å². The van der Waals surface area contributed by atoms with Gasteiger partial charge in [0.25, 0.3) is 0 Å². The fraction of sp³-hybridized carbons (Fsp3) is 0.778. The normalized spacial score (nSPS) is 27.5. The maximum atomic E-state index is 8.83. The molecule has 0 saturated carbocycles. The number of rotatable bonds is 1. The van der Waals surface area contributed by atoms with E-state index in [9.17, 15) is 0 Å². The van der Waals surface area contributed by atoms with Crippen LogP contribution in [0.4, 0.5) is 0 Å². The Morgan fingerprint density at radius 2 is 2.08 bits per heavy atom. The van der Waals surface area contributed by atoms with Crippen molar-refractivity contribution in [2.45, 2.75) is 19.0 Å². The molecule has 0 radical (unpaired) electrons. The molecule has 0 aliphatic carbocycles. The van der Waals surface area contributed by atoms with Crippen molar-refractivity contribution >= 4 is 0 Å². The molecule has 0 aromatic carbocycles. The molecule has 0 N–H and O–H groups in total. The van der Waals surface area contributed by atoms with Crippen LogP contribution in [0.2, 0.25) is 0 Å². The lowest BCUT2D eigenvalue weighted by atomic mass is 10.1. The van der Waals surface area contributed by atoms with Gasteiger partial charge in [-0.15, -0.1) is 0 Å². The molecule has 13 heavy (non-hydrogen) atoms. The smallest absolute Gasteiger partial charge is 0.110 e. The molecule has 1 aliphatic heterocycles. The number of piperazine rings is 1. The van der Waals surface area contributed by atoms with Crippen LogP contribution in [0, 0.1) is 22.7 Å². The Morgan fingerprint density at radius 3 is 2.62 bits per heavy atom. The van der Waals surface area contributed by atoms with Gasteiger partial charge in [-0.25, -0.2) is 0 Å². The summed E-state index contributed by atoms with van der Waals surface area (Å²) in [6, 6.07) is 4.29. The highest BCUT2D eigenvalue weighted by atomic mass is 15.3. The van der Waals surface area contributed by atoms with Crippen LogP contribution in [-0.2, 0) is 0 Å². The Labute approximate surface area is 79.0 Å². The van der Waals surface area contributed by atoms with Crippen LogP contribution in [0.1, 0.15) is 6.92 Å². The van der Waals surface area contributed by atoms with Crippen molar-refractivity contribution in [1.82, 2.24) is 9.80 Å². The molecule has 1 fully saturated rings. The lowest BCUT2D eigenvalue weighted by molar-refractivity contribution is 0.109. The van der Waals surface area contributed by atoms with E-state index in [0.717, 1.165) is 13.1 Å². The zero-order valence-electron chi connectivity index (χ0n) is 8.06. The van der Waals surface area contributed by atoms with E-state index in [-0.39, 0.29) is 12.1 Å². The molecule has 2 atom stereocenters. The van der Waals surface area contributed by atoms with Gasteiger partial charge in [0.2, 0.25) is 0 Å². The summed E-state index contributed by atoms with van der Waals surface area (Å²) in [5, 5.41) is 17.6. The summed E-state index contributed by atoms with van der Waals surface area (Å²) >= 11 is 0. The monoisotopic (exact) mass is 178 g/mol. The largest absolute Gasteiger partial charge is 0.289 e. The van der Waals surface area contributed by atoms with Crippen molar-refractivity contribution in [3.05, 3.63) is 0 Å². The highest BCUT2D eigenvalue weighted by molar-refractivity contribution is 4.99. The average Bonchev–Trinajstić information content (AvgIpc) is 2.17. The topological polar surface area (TPSA) is 54.1 Å². The maximum Gasteiger partial charge on any atom is 0.110 e. The van der Waals surface area contributed by atoms with E-state index in [1.165, 1.54) is 0 Å². The van der Waals surface area contributed by atoms with Gasteiger partial charge in [0.05, 0.1) is 18.2 Å². The van der Waals surface area contributed by atoms with Crippen molar-refractivity contribution in [1.29, 1.82) is 10.5 Å². The second-order valence-electron chi connectivity index (χ2n) is 3.43. The quantitative estimate of drug-likeness (QED) is 0.569. The summed E-state index contributed by atoms with van der Waals surface area (Å²) in [4.78, 5) is 4.08. The van der Waals surface area contributed by atoms with Crippen molar-refractivity contribution in [2.24, 2.45) is 0 Å². The molecular formula is C9H14N4. The molecule has 0 aromatic rings. The van der Waals surface area contributed by atoms with E-state index in [0.29, 0.717) is 6.54 Å². The molecule has 4 heteroatoms. The number of hydrogen-bond acceptors (Lipinski definition) is 4. The minimum Gasteiger partial charge on any atom is -0.289 e. The Hall–Kier alpha value is -1.10. The SMILES string of the molecule is CC(C#N)N1CCN(C)C(C#N)C1. The van der Waals surface area contributed by atoms with Crippen molar-refractivity contribution in [3.63, 3.8) is 0 Å². The zero-order chi connectivity index (χ0) is 9.84. The predicted molar refractivity (Wildman–Crippen MR) is 48.7 cm³/mol. The highest BCUT2D eigenvalue weighted by Gasteiger charge is 2.26. The minimum atomic E-state index is -0.0791. The Balaban J connectivity index is 2.57. The molecule has 0 amide bonds. The number of hydrogen-bond donors (Lipinski definition) is 0. The second kappa shape index (κ2) is 4.23. The number of nitrogens with zero attached hydrogens (tertiary/aromatic N) is 4. The molecule has 1 saturated heterocycles. The zero-order valence-corrected chi connectivity index (χ0v) is 8.06. The minimum absolute atomic E-state index is 0.0652. The van der Waals surface area contributed by atoms with Crippen LogP contribution in [-0.4, -0.2) is 48.6 Å². The van der Waals surface area contributed by atoms with Crippen LogP contribution < -0.4 is 0 Å². The van der Waals surface area contributed by atoms with Gasteiger partial charge in [-0.1, -0.05) is 0 Å². The van der Waals surface area contributed by atoms with E-state index in [4.69, 9.17) is 10.5 Å². The van der Waals surface area contributed by atoms with Gasteiger partial charge >= 0.3 is 0 Å². The Morgan fingerprint density at radius 1 is 1.38 bits per heavy atom. The third-order valence-electron chi connectivity index (χ3n) is 2.56. The van der Waals surface area contributed by atoms with E-state index in [2.05, 4.69) is 12.1 Å². The van der Waals surface area contributed by atoms with Gasteiger partial charge in [0.1, 0.15) is 6.04 Å². The molecule has 70 valence electrons. The molecule has 0 spiro atoms. The number of likely N-dealkylation sites (N-methyl/N-ethyl adjacent to an activating group) is 1. The lowest BCUT2D eigenvalue weighted by Crippen LogP contribution is -2.53.